The van der Waals surface area contributed by atoms with Gasteiger partial charge in [0.25, 0.3) is 0 Å². The molecule has 1 fully saturated rings. The third-order valence-corrected chi connectivity index (χ3v) is 6.12. The second-order valence-electron chi connectivity index (χ2n) is 8.52. The number of aliphatic hydroxyl groups is 4. The first-order valence-electron chi connectivity index (χ1n) is 11.4. The molecule has 1 aromatic carbocycles. The maximum absolute atomic E-state index is 12.6. The van der Waals surface area contributed by atoms with Crippen molar-refractivity contribution in [1.82, 2.24) is 0 Å². The van der Waals surface area contributed by atoms with E-state index in [0.29, 0.717) is 5.56 Å². The SMILES string of the molecule is C/C=C1\C(OC2OC(CO)C(O)C(O)C2O)OC=C(C(=O)O)C1CC(=O)OCCc1ccc(O)c(O)c1. The van der Waals surface area contributed by atoms with Gasteiger partial charge in [0.2, 0.25) is 6.29 Å². The molecule has 1 aromatic rings. The second-order valence-corrected chi connectivity index (χ2v) is 8.52. The monoisotopic (exact) mass is 526 g/mol. The van der Waals surface area contributed by atoms with Crippen molar-refractivity contribution >= 4 is 11.9 Å². The number of hydrogen-bond acceptors (Lipinski definition) is 12. The van der Waals surface area contributed by atoms with Crippen LogP contribution in [0.5, 0.6) is 11.5 Å². The fraction of sp³-hybridized carbons (Fsp3) is 0.500. The maximum atomic E-state index is 12.6. The zero-order valence-electron chi connectivity index (χ0n) is 19.8. The summed E-state index contributed by atoms with van der Waals surface area (Å²) in [4.78, 5) is 24.4. The molecule has 13 heteroatoms. The van der Waals surface area contributed by atoms with Crippen molar-refractivity contribution in [2.75, 3.05) is 13.2 Å². The number of phenolic OH excluding ortho intramolecular Hbond substituents is 2. The molecule has 7 N–H and O–H groups in total. The van der Waals surface area contributed by atoms with Crippen molar-refractivity contribution in [1.29, 1.82) is 0 Å². The van der Waals surface area contributed by atoms with Crippen LogP contribution in [-0.4, -0.2) is 97.9 Å². The zero-order chi connectivity index (χ0) is 27.3. The number of benzene rings is 1. The van der Waals surface area contributed by atoms with Gasteiger partial charge >= 0.3 is 11.9 Å². The maximum Gasteiger partial charge on any atom is 0.335 e. The summed E-state index contributed by atoms with van der Waals surface area (Å²) in [6.45, 7) is 0.811. The highest BCUT2D eigenvalue weighted by Crippen LogP contribution is 2.36. The summed E-state index contributed by atoms with van der Waals surface area (Å²) in [6, 6.07) is 4.17. The van der Waals surface area contributed by atoms with E-state index < -0.39 is 67.9 Å². The topological polar surface area (TPSA) is 213 Å². The highest BCUT2D eigenvalue weighted by atomic mass is 16.8. The summed E-state index contributed by atoms with van der Waals surface area (Å²) in [5.41, 5.74) is 0.557. The van der Waals surface area contributed by atoms with Gasteiger partial charge in [0.05, 0.1) is 31.5 Å². The van der Waals surface area contributed by atoms with Gasteiger partial charge in [-0.15, -0.1) is 0 Å². The van der Waals surface area contributed by atoms with Crippen LogP contribution in [0.3, 0.4) is 0 Å². The predicted molar refractivity (Wildman–Crippen MR) is 122 cm³/mol. The van der Waals surface area contributed by atoms with Crippen molar-refractivity contribution < 1.29 is 64.3 Å². The number of carboxylic acid groups (broad SMARTS) is 1. The highest BCUT2D eigenvalue weighted by molar-refractivity contribution is 5.89. The molecule has 2 heterocycles. The van der Waals surface area contributed by atoms with Crippen LogP contribution in [0.25, 0.3) is 0 Å². The van der Waals surface area contributed by atoms with E-state index in [9.17, 15) is 45.3 Å². The predicted octanol–water partition coefficient (Wildman–Crippen LogP) is -0.723. The molecule has 7 unspecified atom stereocenters. The van der Waals surface area contributed by atoms with Gasteiger partial charge < -0.3 is 54.7 Å². The van der Waals surface area contributed by atoms with Crippen LogP contribution in [0.15, 0.2) is 41.7 Å². The van der Waals surface area contributed by atoms with Gasteiger partial charge in [-0.2, -0.15) is 0 Å². The largest absolute Gasteiger partial charge is 0.504 e. The number of ether oxygens (including phenoxy) is 4. The Morgan fingerprint density at radius 3 is 2.43 bits per heavy atom. The minimum absolute atomic E-state index is 0.0750. The van der Waals surface area contributed by atoms with Gasteiger partial charge in [0.1, 0.15) is 24.4 Å². The molecule has 13 nitrogen and oxygen atoms in total. The van der Waals surface area contributed by atoms with Crippen LogP contribution in [0.1, 0.15) is 18.9 Å². The number of hydrogen-bond donors (Lipinski definition) is 7. The minimum Gasteiger partial charge on any atom is -0.504 e. The van der Waals surface area contributed by atoms with Crippen LogP contribution in [0.2, 0.25) is 0 Å². The van der Waals surface area contributed by atoms with E-state index >= 15 is 0 Å². The van der Waals surface area contributed by atoms with Crippen molar-refractivity contribution in [3.05, 3.63) is 47.2 Å². The van der Waals surface area contributed by atoms with Gasteiger partial charge in [0, 0.05) is 17.9 Å². The van der Waals surface area contributed by atoms with Crippen LogP contribution in [0, 0.1) is 5.92 Å². The lowest BCUT2D eigenvalue weighted by molar-refractivity contribution is -0.327. The van der Waals surface area contributed by atoms with Crippen molar-refractivity contribution in [3.8, 4) is 11.5 Å². The smallest absolute Gasteiger partial charge is 0.335 e. The molecule has 0 radical (unpaired) electrons. The van der Waals surface area contributed by atoms with Gasteiger partial charge in [0.15, 0.2) is 17.8 Å². The first kappa shape index (κ1) is 28.4. The first-order valence-corrected chi connectivity index (χ1v) is 11.4. The minimum atomic E-state index is -1.72. The Morgan fingerprint density at radius 1 is 1.08 bits per heavy atom. The van der Waals surface area contributed by atoms with E-state index in [-0.39, 0.29) is 35.7 Å². The van der Waals surface area contributed by atoms with Crippen LogP contribution in [0.4, 0.5) is 0 Å². The summed E-state index contributed by atoms with van der Waals surface area (Å²) in [6.07, 6.45) is -6.90. The highest BCUT2D eigenvalue weighted by Gasteiger charge is 2.46. The molecule has 2 aliphatic heterocycles. The molecular weight excluding hydrogens is 496 g/mol. The number of carbonyl (C=O) groups is 2. The Balaban J connectivity index is 1.68. The molecule has 2 aliphatic rings. The fourth-order valence-corrected chi connectivity index (χ4v) is 4.05. The second kappa shape index (κ2) is 12.4. The molecule has 0 amide bonds. The van der Waals surface area contributed by atoms with E-state index in [1.54, 1.807) is 13.0 Å². The van der Waals surface area contributed by atoms with E-state index in [1.807, 2.05) is 0 Å². The molecular formula is C24H30O13. The average molecular weight is 526 g/mol. The normalized spacial score (nSPS) is 30.9. The summed E-state index contributed by atoms with van der Waals surface area (Å²) >= 11 is 0. The molecule has 0 spiro atoms. The third kappa shape index (κ3) is 6.57. The van der Waals surface area contributed by atoms with E-state index in [4.69, 9.17) is 18.9 Å². The Kier molecular flexibility index (Phi) is 9.48. The standard InChI is InChI=1S/C24H30O13/c1-2-12-13(8-18(28)34-6-5-11-3-4-15(26)16(27)7-11)14(22(32)33)10-35-23(12)37-24-21(31)20(30)19(29)17(9-25)36-24/h2-4,7,10,13,17,19-21,23-27,29-31H,5-6,8-9H2,1H3,(H,32,33)/b12-2-. The number of aliphatic hydroxyl groups excluding tert-OH is 4. The number of allylic oxidation sites excluding steroid dienone is 1. The van der Waals surface area contributed by atoms with Crippen molar-refractivity contribution in [2.45, 2.75) is 56.8 Å². The molecule has 0 bridgehead atoms. The lowest BCUT2D eigenvalue weighted by Gasteiger charge is -2.41. The number of esters is 1. The number of rotatable bonds is 9. The van der Waals surface area contributed by atoms with Gasteiger partial charge in [-0.1, -0.05) is 12.1 Å². The number of carboxylic acids is 1. The van der Waals surface area contributed by atoms with E-state index in [0.717, 1.165) is 6.26 Å². The summed E-state index contributed by atoms with van der Waals surface area (Å²) in [5, 5.41) is 68.1. The molecule has 0 aromatic heterocycles. The fourth-order valence-electron chi connectivity index (χ4n) is 4.05. The number of aliphatic carboxylic acids is 1. The summed E-state index contributed by atoms with van der Waals surface area (Å²) in [5.74, 6) is -3.70. The Labute approximate surface area is 211 Å². The number of carbonyl (C=O) groups excluding carboxylic acids is 1. The molecule has 3 rings (SSSR count). The molecule has 0 aliphatic carbocycles. The van der Waals surface area contributed by atoms with Gasteiger partial charge in [-0.3, -0.25) is 4.79 Å². The quantitative estimate of drug-likeness (QED) is 0.120. The number of phenols is 2. The lowest BCUT2D eigenvalue weighted by atomic mass is 9.86. The molecule has 7 atom stereocenters. The number of aromatic hydroxyl groups is 2. The summed E-state index contributed by atoms with van der Waals surface area (Å²) < 4.78 is 21.6. The zero-order valence-corrected chi connectivity index (χ0v) is 19.8. The summed E-state index contributed by atoms with van der Waals surface area (Å²) in [7, 11) is 0. The van der Waals surface area contributed by atoms with Crippen LogP contribution >= 0.6 is 0 Å². The van der Waals surface area contributed by atoms with E-state index in [1.165, 1.54) is 18.2 Å². The van der Waals surface area contributed by atoms with Crippen LogP contribution < -0.4 is 0 Å². The van der Waals surface area contributed by atoms with Crippen LogP contribution in [-0.2, 0) is 35.0 Å². The molecule has 1 saturated heterocycles. The Hall–Kier alpha value is -3.20. The molecule has 0 saturated carbocycles. The van der Waals surface area contributed by atoms with Gasteiger partial charge in [-0.05, 0) is 24.6 Å². The average Bonchev–Trinajstić information content (AvgIpc) is 2.86. The van der Waals surface area contributed by atoms with Crippen molar-refractivity contribution in [2.24, 2.45) is 5.92 Å². The molecule has 37 heavy (non-hydrogen) atoms. The Morgan fingerprint density at radius 2 is 1.81 bits per heavy atom. The Bertz CT molecular complexity index is 1030. The first-order chi connectivity index (χ1) is 17.6. The lowest BCUT2D eigenvalue weighted by Crippen LogP contribution is -2.60. The van der Waals surface area contributed by atoms with Crippen molar-refractivity contribution in [3.63, 3.8) is 0 Å². The van der Waals surface area contributed by atoms with E-state index in [2.05, 4.69) is 0 Å². The third-order valence-electron chi connectivity index (χ3n) is 6.12. The molecule has 204 valence electrons. The van der Waals surface area contributed by atoms with Gasteiger partial charge in [-0.25, -0.2) is 4.79 Å².